The first-order valence-electron chi connectivity index (χ1n) is 4.50. The highest BCUT2D eigenvalue weighted by molar-refractivity contribution is 7.11. The predicted octanol–water partition coefficient (Wildman–Crippen LogP) is 3.32. The number of hydrogen-bond donors (Lipinski definition) is 0. The van der Waals surface area contributed by atoms with Crippen molar-refractivity contribution in [2.45, 2.75) is 13.3 Å². The van der Waals surface area contributed by atoms with Gasteiger partial charge < -0.3 is 0 Å². The van der Waals surface area contributed by atoms with Gasteiger partial charge in [0.2, 0.25) is 0 Å². The largest absolute Gasteiger partial charge is 0.250 e. The number of aryl methyl sites for hydroxylation is 1. The molecule has 0 bridgehead atoms. The monoisotopic (exact) mass is 225 g/mol. The molecule has 15 heavy (non-hydrogen) atoms. The van der Waals surface area contributed by atoms with Crippen molar-refractivity contribution in [2.24, 2.45) is 0 Å². The van der Waals surface area contributed by atoms with Crippen molar-refractivity contribution in [2.75, 3.05) is 0 Å². The molecule has 0 aliphatic rings. The van der Waals surface area contributed by atoms with Crippen molar-refractivity contribution < 1.29 is 8.78 Å². The van der Waals surface area contributed by atoms with Gasteiger partial charge in [0.15, 0.2) is 11.6 Å². The van der Waals surface area contributed by atoms with E-state index in [0.29, 0.717) is 6.42 Å². The molecule has 0 saturated heterocycles. The lowest BCUT2D eigenvalue weighted by Gasteiger charge is -1.99. The Morgan fingerprint density at radius 1 is 1.27 bits per heavy atom. The number of halogens is 2. The zero-order valence-electron chi connectivity index (χ0n) is 8.13. The van der Waals surface area contributed by atoms with Gasteiger partial charge in [-0.2, -0.15) is 0 Å². The van der Waals surface area contributed by atoms with Gasteiger partial charge in [-0.1, -0.05) is 6.07 Å². The average Bonchev–Trinajstić information content (AvgIpc) is 2.58. The third-order valence-corrected chi connectivity index (χ3v) is 2.94. The second-order valence-electron chi connectivity index (χ2n) is 3.27. The first kappa shape index (κ1) is 10.2. The molecule has 78 valence electrons. The molecule has 1 nitrogen and oxygen atoms in total. The van der Waals surface area contributed by atoms with Crippen LogP contribution in [0, 0.1) is 18.6 Å². The number of thiazole rings is 1. The van der Waals surface area contributed by atoms with Crippen LogP contribution in [0.5, 0.6) is 0 Å². The molecule has 0 unspecified atom stereocenters. The zero-order valence-corrected chi connectivity index (χ0v) is 8.94. The molecule has 0 aliphatic carbocycles. The molecule has 0 radical (unpaired) electrons. The topological polar surface area (TPSA) is 12.9 Å². The maximum atomic E-state index is 12.9. The molecule has 2 rings (SSSR count). The van der Waals surface area contributed by atoms with Crippen molar-refractivity contribution >= 4 is 11.3 Å². The lowest BCUT2D eigenvalue weighted by atomic mass is 10.1. The molecule has 0 fully saturated rings. The number of benzene rings is 1. The van der Waals surface area contributed by atoms with E-state index in [0.717, 1.165) is 21.5 Å². The Kier molecular flexibility index (Phi) is 2.77. The van der Waals surface area contributed by atoms with Crippen molar-refractivity contribution in [1.82, 2.24) is 4.98 Å². The normalized spacial score (nSPS) is 10.6. The second-order valence-corrected chi connectivity index (χ2v) is 4.59. The molecule has 0 N–H and O–H groups in total. The Morgan fingerprint density at radius 2 is 2.07 bits per heavy atom. The number of hydrogen-bond acceptors (Lipinski definition) is 2. The molecular formula is C11H9F2NS. The fraction of sp³-hybridized carbons (Fsp3) is 0.182. The van der Waals surface area contributed by atoms with Gasteiger partial charge in [0, 0.05) is 17.5 Å². The predicted molar refractivity (Wildman–Crippen MR) is 56.0 cm³/mol. The summed E-state index contributed by atoms with van der Waals surface area (Å²) in [4.78, 5) is 5.16. The maximum absolute atomic E-state index is 12.9. The van der Waals surface area contributed by atoms with Gasteiger partial charge in [-0.15, -0.1) is 11.3 Å². The Bertz CT molecular complexity index is 479. The van der Waals surface area contributed by atoms with Gasteiger partial charge in [0.25, 0.3) is 0 Å². The SMILES string of the molecule is Cc1ncc(Cc2ccc(F)c(F)c2)s1. The Hall–Kier alpha value is -1.29. The van der Waals surface area contributed by atoms with E-state index in [1.54, 1.807) is 23.6 Å². The summed E-state index contributed by atoms with van der Waals surface area (Å²) in [7, 11) is 0. The molecular weight excluding hydrogens is 216 g/mol. The van der Waals surface area contributed by atoms with E-state index in [-0.39, 0.29) is 0 Å². The third kappa shape index (κ3) is 2.39. The van der Waals surface area contributed by atoms with Gasteiger partial charge in [0.1, 0.15) is 0 Å². The summed E-state index contributed by atoms with van der Waals surface area (Å²) in [6, 6.07) is 3.97. The first-order valence-corrected chi connectivity index (χ1v) is 5.32. The smallest absolute Gasteiger partial charge is 0.159 e. The molecule has 1 aromatic heterocycles. The molecule has 0 amide bonds. The van der Waals surface area contributed by atoms with Crippen LogP contribution in [0.25, 0.3) is 0 Å². The highest BCUT2D eigenvalue weighted by Gasteiger charge is 2.04. The molecule has 0 saturated carbocycles. The minimum Gasteiger partial charge on any atom is -0.250 e. The van der Waals surface area contributed by atoms with Gasteiger partial charge in [-0.3, -0.25) is 0 Å². The fourth-order valence-electron chi connectivity index (χ4n) is 1.34. The van der Waals surface area contributed by atoms with E-state index in [1.807, 2.05) is 6.92 Å². The van der Waals surface area contributed by atoms with E-state index in [4.69, 9.17) is 0 Å². The van der Waals surface area contributed by atoms with Gasteiger partial charge in [-0.25, -0.2) is 13.8 Å². The second kappa shape index (κ2) is 4.06. The van der Waals surface area contributed by atoms with Crippen molar-refractivity contribution in [3.8, 4) is 0 Å². The zero-order chi connectivity index (χ0) is 10.8. The Morgan fingerprint density at radius 3 is 2.67 bits per heavy atom. The third-order valence-electron chi connectivity index (χ3n) is 2.03. The summed E-state index contributed by atoms with van der Waals surface area (Å²) in [5.74, 6) is -1.60. The van der Waals surface area contributed by atoms with E-state index in [2.05, 4.69) is 4.98 Å². The van der Waals surface area contributed by atoms with Crippen LogP contribution < -0.4 is 0 Å². The molecule has 0 atom stereocenters. The van der Waals surface area contributed by atoms with Crippen LogP contribution >= 0.6 is 11.3 Å². The quantitative estimate of drug-likeness (QED) is 0.764. The van der Waals surface area contributed by atoms with Crippen LogP contribution in [0.2, 0.25) is 0 Å². The summed E-state index contributed by atoms with van der Waals surface area (Å²) in [5.41, 5.74) is 0.762. The summed E-state index contributed by atoms with van der Waals surface area (Å²) in [6.07, 6.45) is 2.37. The lowest BCUT2D eigenvalue weighted by molar-refractivity contribution is 0.507. The van der Waals surface area contributed by atoms with Crippen molar-refractivity contribution in [3.05, 3.63) is 51.5 Å². The first-order chi connectivity index (χ1) is 7.15. The molecule has 0 spiro atoms. The Balaban J connectivity index is 2.21. The summed E-state index contributed by atoms with van der Waals surface area (Å²) < 4.78 is 25.6. The Labute approximate surface area is 90.4 Å². The number of aromatic nitrogens is 1. The molecule has 1 heterocycles. The maximum Gasteiger partial charge on any atom is 0.159 e. The lowest BCUT2D eigenvalue weighted by Crippen LogP contribution is -1.89. The van der Waals surface area contributed by atoms with Crippen LogP contribution in [-0.4, -0.2) is 4.98 Å². The minimum absolute atomic E-state index is 0.600. The molecule has 2 aromatic rings. The fourth-order valence-corrected chi connectivity index (χ4v) is 2.17. The van der Waals surface area contributed by atoms with E-state index in [1.165, 1.54) is 6.07 Å². The molecule has 0 aliphatic heterocycles. The number of rotatable bonds is 2. The van der Waals surface area contributed by atoms with Gasteiger partial charge >= 0.3 is 0 Å². The van der Waals surface area contributed by atoms with Gasteiger partial charge in [0.05, 0.1) is 5.01 Å². The average molecular weight is 225 g/mol. The summed E-state index contributed by atoms with van der Waals surface area (Å²) >= 11 is 1.57. The highest BCUT2D eigenvalue weighted by atomic mass is 32.1. The number of nitrogens with zero attached hydrogens (tertiary/aromatic N) is 1. The van der Waals surface area contributed by atoms with Gasteiger partial charge in [-0.05, 0) is 24.6 Å². The highest BCUT2D eigenvalue weighted by Crippen LogP contribution is 2.17. The van der Waals surface area contributed by atoms with Crippen molar-refractivity contribution in [3.63, 3.8) is 0 Å². The molecule has 4 heteroatoms. The van der Waals surface area contributed by atoms with Crippen LogP contribution in [0.4, 0.5) is 8.78 Å². The summed E-state index contributed by atoms with van der Waals surface area (Å²) in [5, 5.41) is 0.979. The minimum atomic E-state index is -0.806. The standard InChI is InChI=1S/C11H9F2NS/c1-7-14-6-9(15-7)4-8-2-3-10(12)11(13)5-8/h2-3,5-6H,4H2,1H3. The van der Waals surface area contributed by atoms with E-state index < -0.39 is 11.6 Å². The van der Waals surface area contributed by atoms with Crippen LogP contribution in [0.15, 0.2) is 24.4 Å². The van der Waals surface area contributed by atoms with Crippen LogP contribution in [0.3, 0.4) is 0 Å². The van der Waals surface area contributed by atoms with E-state index >= 15 is 0 Å². The van der Waals surface area contributed by atoms with Crippen LogP contribution in [0.1, 0.15) is 15.4 Å². The van der Waals surface area contributed by atoms with Crippen molar-refractivity contribution in [1.29, 1.82) is 0 Å². The van der Waals surface area contributed by atoms with E-state index in [9.17, 15) is 8.78 Å². The molecule has 1 aromatic carbocycles. The summed E-state index contributed by atoms with van der Waals surface area (Å²) in [6.45, 7) is 1.92. The van der Waals surface area contributed by atoms with Crippen LogP contribution in [-0.2, 0) is 6.42 Å².